The van der Waals surface area contributed by atoms with Gasteiger partial charge in [-0.15, -0.1) is 0 Å². The molecule has 3 heterocycles. The highest BCUT2D eigenvalue weighted by molar-refractivity contribution is 6.39. The van der Waals surface area contributed by atoms with Gasteiger partial charge >= 0.3 is 0 Å². The van der Waals surface area contributed by atoms with Gasteiger partial charge in [0.2, 0.25) is 5.95 Å². The number of rotatable bonds is 3. The molecule has 0 bridgehead atoms. The minimum atomic E-state index is 0.0448. The highest BCUT2D eigenvalue weighted by Gasteiger charge is 2.16. The summed E-state index contributed by atoms with van der Waals surface area (Å²) in [6.07, 6.45) is 1.38. The Bertz CT molecular complexity index is 1090. The smallest absolute Gasteiger partial charge is 0.223 e. The van der Waals surface area contributed by atoms with Gasteiger partial charge in [-0.05, 0) is 12.1 Å². The number of H-pyrrole nitrogens is 1. The minimum absolute atomic E-state index is 0.0448. The highest BCUT2D eigenvalue weighted by atomic mass is 35.5. The lowest BCUT2D eigenvalue weighted by molar-refractivity contribution is 1.16. The summed E-state index contributed by atoms with van der Waals surface area (Å²) >= 11 is 12.5. The number of hydrogen-bond donors (Lipinski definition) is 4. The number of hydrogen-bond acceptors (Lipinski definition) is 8. The topological polar surface area (TPSA) is 144 Å². The van der Waals surface area contributed by atoms with Crippen LogP contribution in [0.1, 0.15) is 0 Å². The van der Waals surface area contributed by atoms with E-state index in [0.29, 0.717) is 44.2 Å². The summed E-state index contributed by atoms with van der Waals surface area (Å²) in [5, 5.41) is 3.95. The Kier molecular flexibility index (Phi) is 3.94. The summed E-state index contributed by atoms with van der Waals surface area (Å²) < 4.78 is 0. The maximum atomic E-state index is 6.26. The Balaban J connectivity index is 1.81. The van der Waals surface area contributed by atoms with Gasteiger partial charge in [0.1, 0.15) is 23.8 Å². The number of nitrogens with two attached hydrogens (primary N) is 2. The first-order valence-corrected chi connectivity index (χ1v) is 8.09. The fraction of sp³-hybridized carbons (Fsp3) is 0. The number of aromatic nitrogens is 6. The van der Waals surface area contributed by atoms with E-state index in [1.807, 2.05) is 0 Å². The second kappa shape index (κ2) is 6.28. The molecule has 0 saturated carbocycles. The first-order chi connectivity index (χ1) is 12.5. The molecule has 130 valence electrons. The lowest BCUT2D eigenvalue weighted by atomic mass is 10.2. The number of aromatic amines is 1. The molecule has 3 aromatic heterocycles. The SMILES string of the molecule is Nc1cc(Nc2ncnc3[nH]c(-c4c(Cl)cccc4Cl)nc23)nc(N)n1. The van der Waals surface area contributed by atoms with Crippen LogP contribution in [-0.4, -0.2) is 29.9 Å². The molecule has 0 amide bonds. The van der Waals surface area contributed by atoms with Crippen molar-refractivity contribution in [3.8, 4) is 11.4 Å². The number of halogens is 2. The quantitative estimate of drug-likeness (QED) is 0.419. The predicted molar refractivity (Wildman–Crippen MR) is 101 cm³/mol. The van der Waals surface area contributed by atoms with Crippen LogP contribution in [0.4, 0.5) is 23.4 Å². The Morgan fingerprint density at radius 3 is 2.50 bits per heavy atom. The van der Waals surface area contributed by atoms with E-state index in [4.69, 9.17) is 34.7 Å². The number of nitrogens with zero attached hydrogens (tertiary/aromatic N) is 5. The molecule has 26 heavy (non-hydrogen) atoms. The van der Waals surface area contributed by atoms with Crippen LogP contribution in [0.25, 0.3) is 22.6 Å². The van der Waals surface area contributed by atoms with Crippen LogP contribution in [0.15, 0.2) is 30.6 Å². The number of nitrogen functional groups attached to an aromatic ring is 2. The summed E-state index contributed by atoms with van der Waals surface area (Å²) in [5.74, 6) is 1.55. The van der Waals surface area contributed by atoms with E-state index in [1.165, 1.54) is 12.4 Å². The number of imidazole rings is 1. The van der Waals surface area contributed by atoms with Crippen LogP contribution in [0, 0.1) is 0 Å². The molecule has 4 rings (SSSR count). The van der Waals surface area contributed by atoms with Gasteiger partial charge in [-0.1, -0.05) is 29.3 Å². The largest absolute Gasteiger partial charge is 0.383 e. The molecule has 6 N–H and O–H groups in total. The van der Waals surface area contributed by atoms with E-state index in [-0.39, 0.29) is 11.8 Å². The molecule has 1 aromatic carbocycles. The van der Waals surface area contributed by atoms with E-state index in [2.05, 4.69) is 35.2 Å². The molecule has 11 heteroatoms. The number of benzene rings is 1. The molecule has 0 unspecified atom stereocenters. The molecule has 9 nitrogen and oxygen atoms in total. The van der Waals surface area contributed by atoms with Crippen LogP contribution in [0.2, 0.25) is 10.0 Å². The Labute approximate surface area is 156 Å². The Morgan fingerprint density at radius 2 is 1.77 bits per heavy atom. The molecule has 0 aliphatic rings. The third-order valence-electron chi connectivity index (χ3n) is 3.49. The van der Waals surface area contributed by atoms with E-state index < -0.39 is 0 Å². The van der Waals surface area contributed by atoms with Gasteiger partial charge in [-0.25, -0.2) is 15.0 Å². The van der Waals surface area contributed by atoms with Crippen molar-refractivity contribution in [3.05, 3.63) is 40.6 Å². The van der Waals surface area contributed by atoms with Gasteiger partial charge in [-0.2, -0.15) is 9.97 Å². The molecule has 0 radical (unpaired) electrons. The van der Waals surface area contributed by atoms with Crippen LogP contribution in [0.5, 0.6) is 0 Å². The van der Waals surface area contributed by atoms with E-state index >= 15 is 0 Å². The van der Waals surface area contributed by atoms with Gasteiger partial charge < -0.3 is 21.8 Å². The molecule has 0 aliphatic carbocycles. The molecule has 0 saturated heterocycles. The zero-order chi connectivity index (χ0) is 18.3. The average Bonchev–Trinajstić information content (AvgIpc) is 2.98. The molecule has 0 aliphatic heterocycles. The number of fused-ring (bicyclic) bond motifs is 1. The zero-order valence-corrected chi connectivity index (χ0v) is 14.5. The minimum Gasteiger partial charge on any atom is -0.383 e. The zero-order valence-electron chi connectivity index (χ0n) is 13.0. The molecular weight excluding hydrogens is 377 g/mol. The maximum absolute atomic E-state index is 6.26. The normalized spacial score (nSPS) is 11.0. The van der Waals surface area contributed by atoms with Gasteiger partial charge in [0.25, 0.3) is 0 Å². The number of nitrogens with one attached hydrogen (secondary N) is 2. The third kappa shape index (κ3) is 2.93. The van der Waals surface area contributed by atoms with Crippen molar-refractivity contribution in [2.75, 3.05) is 16.8 Å². The lowest BCUT2D eigenvalue weighted by Gasteiger charge is -2.06. The van der Waals surface area contributed by atoms with Gasteiger partial charge in [0, 0.05) is 6.07 Å². The van der Waals surface area contributed by atoms with E-state index in [0.717, 1.165) is 0 Å². The average molecular weight is 388 g/mol. The van der Waals surface area contributed by atoms with Crippen molar-refractivity contribution in [1.29, 1.82) is 0 Å². The van der Waals surface area contributed by atoms with Crippen molar-refractivity contribution < 1.29 is 0 Å². The summed E-state index contributed by atoms with van der Waals surface area (Å²) in [7, 11) is 0. The van der Waals surface area contributed by atoms with Crippen molar-refractivity contribution in [2.24, 2.45) is 0 Å². The molecule has 0 atom stereocenters. The van der Waals surface area contributed by atoms with Crippen molar-refractivity contribution in [3.63, 3.8) is 0 Å². The number of anilines is 4. The molecule has 0 spiro atoms. The van der Waals surface area contributed by atoms with Gasteiger partial charge in [0.15, 0.2) is 17.0 Å². The first-order valence-electron chi connectivity index (χ1n) is 7.33. The van der Waals surface area contributed by atoms with Crippen molar-refractivity contribution >= 4 is 57.8 Å². The first kappa shape index (κ1) is 16.3. The van der Waals surface area contributed by atoms with Crippen molar-refractivity contribution in [2.45, 2.75) is 0 Å². The molecule has 4 aromatic rings. The molecule has 0 fully saturated rings. The van der Waals surface area contributed by atoms with Crippen molar-refractivity contribution in [1.82, 2.24) is 29.9 Å². The standard InChI is InChI=1S/C15H11Cl2N9/c16-6-2-1-3-7(17)10(6)12-25-11-13(20-5-21-14(11)26-12)23-9-4-8(18)22-15(19)24-9/h1-5H,(H6,18,19,20,21,22,23,24,25,26). The second-order valence-electron chi connectivity index (χ2n) is 5.26. The Hall–Kier alpha value is -3.17. The third-order valence-corrected chi connectivity index (χ3v) is 4.12. The summed E-state index contributed by atoms with van der Waals surface area (Å²) in [5.41, 5.74) is 12.9. The summed E-state index contributed by atoms with van der Waals surface area (Å²) in [6, 6.07) is 6.75. The second-order valence-corrected chi connectivity index (χ2v) is 6.08. The van der Waals surface area contributed by atoms with Crippen LogP contribution in [-0.2, 0) is 0 Å². The fourth-order valence-corrected chi connectivity index (χ4v) is 3.01. The van der Waals surface area contributed by atoms with E-state index in [1.54, 1.807) is 18.2 Å². The highest BCUT2D eigenvalue weighted by Crippen LogP contribution is 2.34. The van der Waals surface area contributed by atoms with Gasteiger partial charge in [0.05, 0.1) is 15.6 Å². The van der Waals surface area contributed by atoms with E-state index in [9.17, 15) is 0 Å². The maximum Gasteiger partial charge on any atom is 0.223 e. The van der Waals surface area contributed by atoms with Gasteiger partial charge in [-0.3, -0.25) is 0 Å². The fourth-order valence-electron chi connectivity index (χ4n) is 2.43. The predicted octanol–water partition coefficient (Wildman–Crippen LogP) is 3.02. The monoisotopic (exact) mass is 387 g/mol. The van der Waals surface area contributed by atoms with Crippen LogP contribution in [0.3, 0.4) is 0 Å². The van der Waals surface area contributed by atoms with Crippen LogP contribution >= 0.6 is 23.2 Å². The summed E-state index contributed by atoms with van der Waals surface area (Å²) in [4.78, 5) is 23.9. The Morgan fingerprint density at radius 1 is 1.00 bits per heavy atom. The molecular formula is C15H11Cl2N9. The van der Waals surface area contributed by atoms with Crippen LogP contribution < -0.4 is 16.8 Å². The summed E-state index contributed by atoms with van der Waals surface area (Å²) in [6.45, 7) is 0. The lowest BCUT2D eigenvalue weighted by Crippen LogP contribution is -2.04.